The van der Waals surface area contributed by atoms with Gasteiger partial charge in [-0.15, -0.1) is 0 Å². The maximum atomic E-state index is 5.36. The van der Waals surface area contributed by atoms with Gasteiger partial charge in [0.05, 0.1) is 6.54 Å². The van der Waals surface area contributed by atoms with Crippen LogP contribution in [0.4, 0.5) is 0 Å². The molecule has 0 unspecified atom stereocenters. The molecule has 14 heavy (non-hydrogen) atoms. The summed E-state index contributed by atoms with van der Waals surface area (Å²) in [5, 5.41) is 6.77. The van der Waals surface area contributed by atoms with Crippen molar-refractivity contribution in [2.24, 2.45) is 0 Å². The zero-order chi connectivity index (χ0) is 9.80. The van der Waals surface area contributed by atoms with Crippen molar-refractivity contribution in [2.75, 3.05) is 13.1 Å². The Morgan fingerprint density at radius 3 is 2.86 bits per heavy atom. The van der Waals surface area contributed by atoms with E-state index in [4.69, 9.17) is 4.42 Å². The van der Waals surface area contributed by atoms with Gasteiger partial charge in [-0.2, -0.15) is 0 Å². The van der Waals surface area contributed by atoms with Crippen molar-refractivity contribution < 1.29 is 4.42 Å². The lowest BCUT2D eigenvalue weighted by Gasteiger charge is -2.03. The Balaban J connectivity index is 1.53. The molecule has 1 aromatic rings. The lowest BCUT2D eigenvalue weighted by Crippen LogP contribution is -2.28. The third kappa shape index (κ3) is 3.44. The highest BCUT2D eigenvalue weighted by molar-refractivity contribution is 9.10. The van der Waals surface area contributed by atoms with Crippen molar-refractivity contribution in [2.45, 2.75) is 25.4 Å². The Bertz CT molecular complexity index is 283. The maximum absolute atomic E-state index is 5.36. The monoisotopic (exact) mass is 258 g/mol. The molecule has 0 spiro atoms. The van der Waals surface area contributed by atoms with Crippen LogP contribution < -0.4 is 10.6 Å². The third-order valence-corrected chi connectivity index (χ3v) is 2.67. The minimum Gasteiger partial charge on any atom is -0.453 e. The molecular formula is C10H15BrN2O. The molecule has 2 N–H and O–H groups in total. The molecule has 2 rings (SSSR count). The number of rotatable bonds is 6. The lowest BCUT2D eigenvalue weighted by atomic mass is 10.4. The summed E-state index contributed by atoms with van der Waals surface area (Å²) in [6.45, 7) is 2.85. The SMILES string of the molecule is Brc1ccc(CNCCNC2CC2)o1. The molecule has 1 aliphatic rings. The van der Waals surface area contributed by atoms with Gasteiger partial charge in [0.2, 0.25) is 0 Å². The average molecular weight is 259 g/mol. The Morgan fingerprint density at radius 2 is 2.21 bits per heavy atom. The van der Waals surface area contributed by atoms with Crippen LogP contribution in [0, 0.1) is 0 Å². The van der Waals surface area contributed by atoms with Crippen molar-refractivity contribution in [1.82, 2.24) is 10.6 Å². The highest BCUT2D eigenvalue weighted by Gasteiger charge is 2.19. The number of hydrogen-bond donors (Lipinski definition) is 2. The molecule has 4 heteroatoms. The summed E-state index contributed by atoms with van der Waals surface area (Å²) < 4.78 is 6.15. The Labute approximate surface area is 92.4 Å². The van der Waals surface area contributed by atoms with E-state index in [1.165, 1.54) is 12.8 Å². The van der Waals surface area contributed by atoms with Gasteiger partial charge in [-0.25, -0.2) is 0 Å². The Morgan fingerprint density at radius 1 is 1.36 bits per heavy atom. The summed E-state index contributed by atoms with van der Waals surface area (Å²) >= 11 is 3.28. The van der Waals surface area contributed by atoms with E-state index in [0.717, 1.165) is 36.1 Å². The smallest absolute Gasteiger partial charge is 0.169 e. The predicted molar refractivity (Wildman–Crippen MR) is 59.1 cm³/mol. The van der Waals surface area contributed by atoms with Crippen LogP contribution >= 0.6 is 15.9 Å². The number of furan rings is 1. The van der Waals surface area contributed by atoms with Gasteiger partial charge in [-0.3, -0.25) is 0 Å². The van der Waals surface area contributed by atoms with E-state index < -0.39 is 0 Å². The fourth-order valence-electron chi connectivity index (χ4n) is 1.31. The molecule has 0 aliphatic heterocycles. The highest BCUT2D eigenvalue weighted by Crippen LogP contribution is 2.17. The van der Waals surface area contributed by atoms with E-state index >= 15 is 0 Å². The fourth-order valence-corrected chi connectivity index (χ4v) is 1.65. The molecule has 1 aliphatic carbocycles. The van der Waals surface area contributed by atoms with Crippen LogP contribution in [0.1, 0.15) is 18.6 Å². The van der Waals surface area contributed by atoms with Gasteiger partial charge >= 0.3 is 0 Å². The van der Waals surface area contributed by atoms with E-state index in [0.29, 0.717) is 0 Å². The van der Waals surface area contributed by atoms with Gasteiger partial charge in [0.15, 0.2) is 4.67 Å². The molecule has 0 amide bonds. The second-order valence-electron chi connectivity index (χ2n) is 3.61. The summed E-state index contributed by atoms with van der Waals surface area (Å²) in [5.41, 5.74) is 0. The van der Waals surface area contributed by atoms with Crippen LogP contribution in [0.3, 0.4) is 0 Å². The Kier molecular flexibility index (Phi) is 3.61. The van der Waals surface area contributed by atoms with E-state index in [2.05, 4.69) is 26.6 Å². The zero-order valence-electron chi connectivity index (χ0n) is 8.05. The minimum absolute atomic E-state index is 0.797. The molecule has 1 saturated carbocycles. The zero-order valence-corrected chi connectivity index (χ0v) is 9.64. The molecule has 0 radical (unpaired) electrons. The molecule has 0 bridgehead atoms. The minimum atomic E-state index is 0.797. The molecular weight excluding hydrogens is 244 g/mol. The standard InChI is InChI=1S/C10H15BrN2O/c11-10-4-3-9(14-10)7-12-5-6-13-8-1-2-8/h3-4,8,12-13H,1-2,5-7H2. The third-order valence-electron chi connectivity index (χ3n) is 2.24. The van der Waals surface area contributed by atoms with Crippen LogP contribution in [0.5, 0.6) is 0 Å². The lowest BCUT2D eigenvalue weighted by molar-refractivity contribution is 0.463. The first-order chi connectivity index (χ1) is 6.84. The van der Waals surface area contributed by atoms with E-state index in [-0.39, 0.29) is 0 Å². The number of halogens is 1. The van der Waals surface area contributed by atoms with Gasteiger partial charge in [0, 0.05) is 19.1 Å². The van der Waals surface area contributed by atoms with E-state index in [1.54, 1.807) is 0 Å². The summed E-state index contributed by atoms with van der Waals surface area (Å²) in [7, 11) is 0. The molecule has 0 aromatic carbocycles. The first kappa shape index (κ1) is 10.2. The average Bonchev–Trinajstić information content (AvgIpc) is 2.89. The molecule has 0 atom stereocenters. The van der Waals surface area contributed by atoms with Crippen molar-refractivity contribution in [3.05, 3.63) is 22.6 Å². The highest BCUT2D eigenvalue weighted by atomic mass is 79.9. The summed E-state index contributed by atoms with van der Waals surface area (Å²) in [4.78, 5) is 0. The van der Waals surface area contributed by atoms with Crippen molar-refractivity contribution >= 4 is 15.9 Å². The molecule has 1 fully saturated rings. The normalized spacial score (nSPS) is 16.1. The van der Waals surface area contributed by atoms with E-state index in [1.807, 2.05) is 12.1 Å². The van der Waals surface area contributed by atoms with Crippen LogP contribution in [-0.2, 0) is 6.54 Å². The molecule has 1 aromatic heterocycles. The van der Waals surface area contributed by atoms with Crippen LogP contribution in [0.25, 0.3) is 0 Å². The second kappa shape index (κ2) is 4.96. The first-order valence-corrected chi connectivity index (χ1v) is 5.82. The fraction of sp³-hybridized carbons (Fsp3) is 0.600. The molecule has 3 nitrogen and oxygen atoms in total. The molecule has 1 heterocycles. The van der Waals surface area contributed by atoms with Crippen LogP contribution in [-0.4, -0.2) is 19.1 Å². The molecule has 78 valence electrons. The van der Waals surface area contributed by atoms with Gasteiger partial charge < -0.3 is 15.1 Å². The van der Waals surface area contributed by atoms with Gasteiger partial charge in [0.1, 0.15) is 5.76 Å². The quantitative estimate of drug-likeness (QED) is 0.766. The van der Waals surface area contributed by atoms with Gasteiger partial charge in [0.25, 0.3) is 0 Å². The van der Waals surface area contributed by atoms with Crippen molar-refractivity contribution in [1.29, 1.82) is 0 Å². The number of hydrogen-bond acceptors (Lipinski definition) is 3. The summed E-state index contributed by atoms with van der Waals surface area (Å²) in [6.07, 6.45) is 2.70. The number of nitrogens with one attached hydrogen (secondary N) is 2. The summed E-state index contributed by atoms with van der Waals surface area (Å²) in [6, 6.07) is 4.69. The Hall–Kier alpha value is -0.320. The predicted octanol–water partition coefficient (Wildman–Crippen LogP) is 1.88. The van der Waals surface area contributed by atoms with Crippen molar-refractivity contribution in [3.63, 3.8) is 0 Å². The summed E-state index contributed by atoms with van der Waals surface area (Å²) in [5.74, 6) is 0.975. The largest absolute Gasteiger partial charge is 0.453 e. The van der Waals surface area contributed by atoms with Crippen molar-refractivity contribution in [3.8, 4) is 0 Å². The maximum Gasteiger partial charge on any atom is 0.169 e. The van der Waals surface area contributed by atoms with Gasteiger partial charge in [-0.1, -0.05) is 0 Å². The van der Waals surface area contributed by atoms with E-state index in [9.17, 15) is 0 Å². The topological polar surface area (TPSA) is 37.2 Å². The second-order valence-corrected chi connectivity index (χ2v) is 4.39. The molecule has 0 saturated heterocycles. The van der Waals surface area contributed by atoms with Gasteiger partial charge in [-0.05, 0) is 40.9 Å². The van der Waals surface area contributed by atoms with Crippen LogP contribution in [0.2, 0.25) is 0 Å². The first-order valence-electron chi connectivity index (χ1n) is 5.03. The van der Waals surface area contributed by atoms with Crippen LogP contribution in [0.15, 0.2) is 21.2 Å².